The van der Waals surface area contributed by atoms with E-state index >= 15 is 0 Å². The Hall–Kier alpha value is -1.94. The first kappa shape index (κ1) is 93.1. The molecule has 2 unspecified atom stereocenters. The smallest absolute Gasteiger partial charge is 0.462 e. The molecule has 0 aliphatic heterocycles. The summed E-state index contributed by atoms with van der Waals surface area (Å²) in [7, 11) is -9.91. The quantitative estimate of drug-likeness (QED) is 0.0222. The fourth-order valence-corrected chi connectivity index (χ4v) is 13.3. The molecule has 0 aliphatic carbocycles. The van der Waals surface area contributed by atoms with E-state index < -0.39 is 97.5 Å². The van der Waals surface area contributed by atoms with Crippen molar-refractivity contribution in [2.75, 3.05) is 39.6 Å². The van der Waals surface area contributed by atoms with Gasteiger partial charge < -0.3 is 33.8 Å². The van der Waals surface area contributed by atoms with E-state index in [0.717, 1.165) is 95.8 Å². The summed E-state index contributed by atoms with van der Waals surface area (Å²) in [5.41, 5.74) is 0. The zero-order valence-electron chi connectivity index (χ0n) is 61.8. The summed E-state index contributed by atoms with van der Waals surface area (Å²) in [5.74, 6) is -1.33. The minimum atomic E-state index is -4.96. The van der Waals surface area contributed by atoms with E-state index in [1.165, 1.54) is 225 Å². The molecule has 17 nitrogen and oxygen atoms in total. The van der Waals surface area contributed by atoms with Crippen LogP contribution in [0.5, 0.6) is 0 Å². The fourth-order valence-electron chi connectivity index (χ4n) is 11.7. The van der Waals surface area contributed by atoms with Crippen molar-refractivity contribution in [1.82, 2.24) is 0 Å². The summed E-state index contributed by atoms with van der Waals surface area (Å²) in [5, 5.41) is 10.6. The molecule has 0 aromatic heterocycles. The van der Waals surface area contributed by atoms with E-state index in [0.29, 0.717) is 25.7 Å². The number of carbonyl (C=O) groups is 4. The highest BCUT2D eigenvalue weighted by Gasteiger charge is 2.30. The van der Waals surface area contributed by atoms with Crippen molar-refractivity contribution in [2.24, 2.45) is 5.92 Å². The van der Waals surface area contributed by atoms with Crippen LogP contribution in [0.4, 0.5) is 0 Å². The maximum Gasteiger partial charge on any atom is 0.472 e. The molecular weight excluding hydrogens is 1250 g/mol. The number of carbonyl (C=O) groups excluding carboxylic acids is 4. The van der Waals surface area contributed by atoms with Crippen LogP contribution < -0.4 is 0 Å². The second-order valence-electron chi connectivity index (χ2n) is 27.9. The Kier molecular flexibility index (Phi) is 67.7. The molecule has 0 radical (unpaired) electrons. The Balaban J connectivity index is 5.25. The van der Waals surface area contributed by atoms with Crippen molar-refractivity contribution in [2.45, 2.75) is 419 Å². The zero-order chi connectivity index (χ0) is 69.8. The molecule has 0 aliphatic rings. The molecular formula is C76H148O17P2. The lowest BCUT2D eigenvalue weighted by atomic mass is 10.0. The SMILES string of the molecule is CCCCCCCCCCCCCCCCCCC(=O)O[C@H](COC(=O)CCCCCCCCCCCCCCC(C)C)COP(=O)(O)OC[C@@H](O)COP(=O)(O)OC[C@@H](COC(=O)CCCCCCCCCCCCC)OC(=O)CCCCCCCCCCCCCCC. The van der Waals surface area contributed by atoms with Crippen molar-refractivity contribution in [3.05, 3.63) is 0 Å². The molecule has 3 N–H and O–H groups in total. The highest BCUT2D eigenvalue weighted by molar-refractivity contribution is 7.47. The minimum absolute atomic E-state index is 0.108. The average molecular weight is 1400 g/mol. The zero-order valence-corrected chi connectivity index (χ0v) is 63.6. The van der Waals surface area contributed by atoms with Gasteiger partial charge in [-0.1, -0.05) is 349 Å². The topological polar surface area (TPSA) is 237 Å². The molecule has 0 spiro atoms. The number of aliphatic hydroxyl groups excluding tert-OH is 1. The summed E-state index contributed by atoms with van der Waals surface area (Å²) in [6.07, 6.45) is 58.0. The molecule has 0 aromatic carbocycles. The summed E-state index contributed by atoms with van der Waals surface area (Å²) in [6.45, 7) is 7.31. The van der Waals surface area contributed by atoms with Crippen molar-refractivity contribution < 1.29 is 80.2 Å². The summed E-state index contributed by atoms with van der Waals surface area (Å²) >= 11 is 0. The molecule has 0 saturated carbocycles. The van der Waals surface area contributed by atoms with Gasteiger partial charge in [-0.05, 0) is 31.6 Å². The monoisotopic (exact) mass is 1400 g/mol. The molecule has 0 heterocycles. The summed E-state index contributed by atoms with van der Waals surface area (Å²) < 4.78 is 68.6. The van der Waals surface area contributed by atoms with Crippen molar-refractivity contribution in [3.8, 4) is 0 Å². The fraction of sp³-hybridized carbons (Fsp3) is 0.947. The van der Waals surface area contributed by atoms with Gasteiger partial charge in [-0.15, -0.1) is 0 Å². The van der Waals surface area contributed by atoms with Crippen molar-refractivity contribution in [3.63, 3.8) is 0 Å². The summed E-state index contributed by atoms with van der Waals surface area (Å²) in [6, 6.07) is 0. The molecule has 0 aromatic rings. The lowest BCUT2D eigenvalue weighted by Gasteiger charge is -2.21. The first-order chi connectivity index (χ1) is 46.0. The predicted octanol–water partition coefficient (Wildman–Crippen LogP) is 22.5. The van der Waals surface area contributed by atoms with Crippen LogP contribution in [-0.2, 0) is 65.4 Å². The van der Waals surface area contributed by atoms with Crippen LogP contribution >= 0.6 is 15.6 Å². The van der Waals surface area contributed by atoms with Gasteiger partial charge in [0.25, 0.3) is 0 Å². The highest BCUT2D eigenvalue weighted by Crippen LogP contribution is 2.45. The normalized spacial score (nSPS) is 13.9. The van der Waals surface area contributed by atoms with Gasteiger partial charge in [0.05, 0.1) is 26.4 Å². The molecule has 0 rings (SSSR count). The third kappa shape index (κ3) is 70.3. The van der Waals surface area contributed by atoms with E-state index in [-0.39, 0.29) is 25.7 Å². The molecule has 95 heavy (non-hydrogen) atoms. The van der Waals surface area contributed by atoms with Crippen LogP contribution in [0.25, 0.3) is 0 Å². The Labute approximate surface area is 581 Å². The third-order valence-corrected chi connectivity index (χ3v) is 19.7. The van der Waals surface area contributed by atoms with E-state index in [1.807, 2.05) is 0 Å². The van der Waals surface area contributed by atoms with E-state index in [1.54, 1.807) is 0 Å². The van der Waals surface area contributed by atoms with Crippen molar-refractivity contribution >= 4 is 39.5 Å². The number of unbranched alkanes of at least 4 members (excludes halogenated alkanes) is 48. The maximum absolute atomic E-state index is 13.1. The highest BCUT2D eigenvalue weighted by atomic mass is 31.2. The Morgan fingerprint density at radius 2 is 0.484 bits per heavy atom. The third-order valence-electron chi connectivity index (χ3n) is 17.8. The average Bonchev–Trinajstić information content (AvgIpc) is 1.29. The van der Waals surface area contributed by atoms with Gasteiger partial charge in [0.2, 0.25) is 0 Å². The van der Waals surface area contributed by atoms with Gasteiger partial charge in [0.15, 0.2) is 12.2 Å². The van der Waals surface area contributed by atoms with Crippen LogP contribution in [0.2, 0.25) is 0 Å². The van der Waals surface area contributed by atoms with Crippen LogP contribution in [-0.4, -0.2) is 96.7 Å². The molecule has 0 saturated heterocycles. The Bertz CT molecular complexity index is 1820. The van der Waals surface area contributed by atoms with E-state index in [4.69, 9.17) is 37.0 Å². The lowest BCUT2D eigenvalue weighted by Crippen LogP contribution is -2.30. The summed E-state index contributed by atoms with van der Waals surface area (Å²) in [4.78, 5) is 72.8. The molecule has 0 bridgehead atoms. The van der Waals surface area contributed by atoms with Crippen LogP contribution in [0, 0.1) is 5.92 Å². The van der Waals surface area contributed by atoms with Gasteiger partial charge >= 0.3 is 39.5 Å². The predicted molar refractivity (Wildman–Crippen MR) is 386 cm³/mol. The first-order valence-corrected chi connectivity index (χ1v) is 42.6. The molecule has 564 valence electrons. The van der Waals surface area contributed by atoms with Crippen LogP contribution in [0.1, 0.15) is 401 Å². The Morgan fingerprint density at radius 1 is 0.284 bits per heavy atom. The maximum atomic E-state index is 13.1. The number of aliphatic hydroxyl groups is 1. The number of esters is 4. The van der Waals surface area contributed by atoms with Crippen LogP contribution in [0.15, 0.2) is 0 Å². The van der Waals surface area contributed by atoms with Gasteiger partial charge in [0, 0.05) is 25.7 Å². The van der Waals surface area contributed by atoms with Crippen LogP contribution in [0.3, 0.4) is 0 Å². The Morgan fingerprint density at radius 3 is 0.716 bits per heavy atom. The molecule has 5 atom stereocenters. The number of hydrogen-bond acceptors (Lipinski definition) is 15. The number of ether oxygens (including phenoxy) is 4. The second-order valence-corrected chi connectivity index (χ2v) is 30.8. The van der Waals surface area contributed by atoms with Gasteiger partial charge in [-0.25, -0.2) is 9.13 Å². The second kappa shape index (κ2) is 69.2. The number of rotatable bonds is 76. The number of hydrogen-bond donors (Lipinski definition) is 3. The minimum Gasteiger partial charge on any atom is -0.462 e. The largest absolute Gasteiger partial charge is 0.472 e. The number of phosphoric acid groups is 2. The molecule has 19 heteroatoms. The first-order valence-electron chi connectivity index (χ1n) is 39.6. The van der Waals surface area contributed by atoms with Crippen molar-refractivity contribution in [1.29, 1.82) is 0 Å². The molecule has 0 fully saturated rings. The lowest BCUT2D eigenvalue weighted by molar-refractivity contribution is -0.161. The standard InChI is InChI=1S/C76H148O17P2/c1-6-9-12-15-18-21-24-26-27-28-30-37-42-47-52-57-62-76(81)93-72(66-87-74(79)60-55-50-45-40-35-32-31-34-38-43-48-53-58-69(4)5)68-91-95(84,85)89-64-70(77)63-88-94(82,83)90-67-71(65-86-73(78)59-54-49-44-39-33-23-20-17-14-11-8-3)92-75(80)61-56-51-46-41-36-29-25-22-19-16-13-10-7-2/h69-72,77H,6-68H2,1-5H3,(H,82,83)(H,84,85)/t70-,71+,72+/m0/s1. The van der Waals surface area contributed by atoms with Gasteiger partial charge in [-0.2, -0.15) is 0 Å². The van der Waals surface area contributed by atoms with E-state index in [2.05, 4.69) is 34.6 Å². The molecule has 0 amide bonds. The number of phosphoric ester groups is 2. The van der Waals surface area contributed by atoms with Gasteiger partial charge in [-0.3, -0.25) is 37.3 Å². The van der Waals surface area contributed by atoms with Gasteiger partial charge in [0.1, 0.15) is 19.3 Å². The van der Waals surface area contributed by atoms with E-state index in [9.17, 15) is 43.2 Å².